The van der Waals surface area contributed by atoms with Crippen LogP contribution in [0.3, 0.4) is 0 Å². The Morgan fingerprint density at radius 1 is 1.41 bits per heavy atom. The van der Waals surface area contributed by atoms with Crippen molar-refractivity contribution in [3.63, 3.8) is 0 Å². The van der Waals surface area contributed by atoms with Crippen molar-refractivity contribution in [2.24, 2.45) is 0 Å². The predicted molar refractivity (Wildman–Crippen MR) is 85.5 cm³/mol. The Morgan fingerprint density at radius 2 is 2.36 bits per heavy atom. The molecule has 1 fully saturated rings. The maximum Gasteiger partial charge on any atom is 0.152 e. The number of thiazole rings is 1. The Morgan fingerprint density at radius 3 is 3.14 bits per heavy atom. The third-order valence-corrected chi connectivity index (χ3v) is 4.92. The lowest BCUT2D eigenvalue weighted by Crippen LogP contribution is -2.22. The highest BCUT2D eigenvalue weighted by Crippen LogP contribution is 2.34. The average molecular weight is 314 g/mol. The van der Waals surface area contributed by atoms with Crippen molar-refractivity contribution in [1.82, 2.24) is 20.1 Å². The summed E-state index contributed by atoms with van der Waals surface area (Å²) in [7, 11) is 0. The molecule has 4 heterocycles. The van der Waals surface area contributed by atoms with Gasteiger partial charge in [0.2, 0.25) is 0 Å². The van der Waals surface area contributed by atoms with E-state index < -0.39 is 0 Å². The van der Waals surface area contributed by atoms with E-state index in [-0.39, 0.29) is 0 Å². The quantitative estimate of drug-likeness (QED) is 0.796. The van der Waals surface area contributed by atoms with Gasteiger partial charge in [0.15, 0.2) is 5.76 Å². The number of aromatic nitrogens is 3. The Labute approximate surface area is 133 Å². The van der Waals surface area contributed by atoms with Crippen molar-refractivity contribution in [3.05, 3.63) is 46.2 Å². The molecule has 1 saturated heterocycles. The maximum absolute atomic E-state index is 5.95. The molecular formula is C16H18N4OS. The average Bonchev–Trinajstić information content (AvgIpc) is 3.26. The van der Waals surface area contributed by atoms with E-state index in [9.17, 15) is 0 Å². The number of hydrogen-bond donors (Lipinski definition) is 1. The molecular weight excluding hydrogens is 296 g/mol. The fraction of sp³-hybridized carbons (Fsp3) is 0.375. The first-order valence-corrected chi connectivity index (χ1v) is 8.42. The first kappa shape index (κ1) is 13.7. The van der Waals surface area contributed by atoms with Gasteiger partial charge < -0.3 is 4.42 Å². The van der Waals surface area contributed by atoms with Gasteiger partial charge in [-0.2, -0.15) is 5.10 Å². The number of H-pyrrole nitrogens is 1. The summed E-state index contributed by atoms with van der Waals surface area (Å²) in [5.74, 6) is 1.83. The van der Waals surface area contributed by atoms with Gasteiger partial charge in [-0.1, -0.05) is 0 Å². The van der Waals surface area contributed by atoms with Gasteiger partial charge in [-0.15, -0.1) is 11.3 Å². The molecule has 0 aromatic carbocycles. The van der Waals surface area contributed by atoms with Gasteiger partial charge in [0.05, 0.1) is 23.3 Å². The van der Waals surface area contributed by atoms with Crippen molar-refractivity contribution < 1.29 is 4.42 Å². The highest BCUT2D eigenvalue weighted by atomic mass is 32.1. The van der Waals surface area contributed by atoms with E-state index in [2.05, 4.69) is 38.5 Å². The molecule has 5 nitrogen and oxygen atoms in total. The third-order valence-electron chi connectivity index (χ3n) is 4.13. The number of nitrogens with zero attached hydrogens (tertiary/aromatic N) is 3. The smallest absolute Gasteiger partial charge is 0.152 e. The topological polar surface area (TPSA) is 58.0 Å². The first-order valence-electron chi connectivity index (χ1n) is 7.54. The SMILES string of the molecule is Cc1nc([C@@H]2CCCN2Cc2ccc(-c3ccn[nH]3)o2)cs1. The molecule has 0 saturated carbocycles. The van der Waals surface area contributed by atoms with Crippen LogP contribution >= 0.6 is 11.3 Å². The predicted octanol–water partition coefficient (Wildman–Crippen LogP) is 3.77. The second-order valence-electron chi connectivity index (χ2n) is 5.66. The van der Waals surface area contributed by atoms with Crippen molar-refractivity contribution in [1.29, 1.82) is 0 Å². The fourth-order valence-corrected chi connectivity index (χ4v) is 3.74. The standard InChI is InChI=1S/C16H18N4OS/c1-11-18-14(10-22-11)15-3-2-8-20(15)9-12-4-5-16(21-12)13-6-7-17-19-13/h4-7,10,15H,2-3,8-9H2,1H3,(H,17,19)/t15-/m0/s1. The Hall–Kier alpha value is -1.92. The van der Waals surface area contributed by atoms with Crippen LogP contribution in [0.4, 0.5) is 0 Å². The van der Waals surface area contributed by atoms with Gasteiger partial charge in [0.1, 0.15) is 11.5 Å². The van der Waals surface area contributed by atoms with Crippen LogP contribution in [-0.2, 0) is 6.54 Å². The van der Waals surface area contributed by atoms with E-state index in [1.54, 1.807) is 17.5 Å². The number of aromatic amines is 1. The van der Waals surface area contributed by atoms with E-state index in [1.807, 2.05) is 12.1 Å². The van der Waals surface area contributed by atoms with Crippen molar-refractivity contribution in [3.8, 4) is 11.5 Å². The van der Waals surface area contributed by atoms with Crippen LogP contribution in [0, 0.1) is 6.92 Å². The van der Waals surface area contributed by atoms with Gasteiger partial charge in [0, 0.05) is 11.6 Å². The van der Waals surface area contributed by atoms with E-state index in [1.165, 1.54) is 18.5 Å². The zero-order valence-electron chi connectivity index (χ0n) is 12.5. The number of aryl methyl sites for hydroxylation is 1. The second kappa shape index (κ2) is 5.70. The highest BCUT2D eigenvalue weighted by molar-refractivity contribution is 7.09. The summed E-state index contributed by atoms with van der Waals surface area (Å²) >= 11 is 1.73. The normalized spacial score (nSPS) is 19.0. The lowest BCUT2D eigenvalue weighted by Gasteiger charge is -2.21. The summed E-state index contributed by atoms with van der Waals surface area (Å²) in [6.07, 6.45) is 4.13. The van der Waals surface area contributed by atoms with E-state index in [4.69, 9.17) is 4.42 Å². The molecule has 114 valence electrons. The first-order chi connectivity index (χ1) is 10.8. The van der Waals surface area contributed by atoms with Crippen LogP contribution in [0.15, 0.2) is 34.2 Å². The minimum atomic E-state index is 0.422. The van der Waals surface area contributed by atoms with Crippen molar-refractivity contribution in [2.45, 2.75) is 32.4 Å². The Bertz CT molecular complexity index is 746. The van der Waals surface area contributed by atoms with Crippen LogP contribution in [-0.4, -0.2) is 26.6 Å². The molecule has 0 amide bonds. The van der Waals surface area contributed by atoms with Gasteiger partial charge in [0.25, 0.3) is 0 Å². The van der Waals surface area contributed by atoms with Crippen molar-refractivity contribution >= 4 is 11.3 Å². The molecule has 1 aliphatic heterocycles. The van der Waals surface area contributed by atoms with E-state index in [0.717, 1.165) is 35.3 Å². The van der Waals surface area contributed by atoms with Gasteiger partial charge in [-0.25, -0.2) is 4.98 Å². The molecule has 1 aliphatic rings. The maximum atomic E-state index is 5.95. The molecule has 6 heteroatoms. The summed E-state index contributed by atoms with van der Waals surface area (Å²) in [6.45, 7) is 3.99. The van der Waals surface area contributed by atoms with Crippen LogP contribution in [0.1, 0.15) is 35.3 Å². The molecule has 22 heavy (non-hydrogen) atoms. The summed E-state index contributed by atoms with van der Waals surface area (Å²) in [5.41, 5.74) is 2.12. The van der Waals surface area contributed by atoms with Crippen LogP contribution in [0.5, 0.6) is 0 Å². The second-order valence-corrected chi connectivity index (χ2v) is 6.72. The Kier molecular flexibility index (Phi) is 3.56. The third kappa shape index (κ3) is 2.60. The number of nitrogens with one attached hydrogen (secondary N) is 1. The van der Waals surface area contributed by atoms with Crippen LogP contribution < -0.4 is 0 Å². The molecule has 3 aromatic heterocycles. The summed E-state index contributed by atoms with van der Waals surface area (Å²) in [6, 6.07) is 6.39. The van der Waals surface area contributed by atoms with E-state index >= 15 is 0 Å². The number of rotatable bonds is 4. The fourth-order valence-electron chi connectivity index (χ4n) is 3.08. The van der Waals surface area contributed by atoms with E-state index in [0.29, 0.717) is 6.04 Å². The molecule has 4 rings (SSSR count). The lowest BCUT2D eigenvalue weighted by molar-refractivity contribution is 0.226. The zero-order valence-corrected chi connectivity index (χ0v) is 13.3. The summed E-state index contributed by atoms with van der Waals surface area (Å²) < 4.78 is 5.95. The minimum Gasteiger partial charge on any atom is -0.458 e. The number of hydrogen-bond acceptors (Lipinski definition) is 5. The molecule has 0 bridgehead atoms. The van der Waals surface area contributed by atoms with Crippen LogP contribution in [0.25, 0.3) is 11.5 Å². The largest absolute Gasteiger partial charge is 0.458 e. The summed E-state index contributed by atoms with van der Waals surface area (Å²) in [5, 5.41) is 10.2. The molecule has 0 aliphatic carbocycles. The summed E-state index contributed by atoms with van der Waals surface area (Å²) in [4.78, 5) is 7.13. The number of furan rings is 1. The molecule has 0 unspecified atom stereocenters. The molecule has 0 spiro atoms. The van der Waals surface area contributed by atoms with Crippen LogP contribution in [0.2, 0.25) is 0 Å². The lowest BCUT2D eigenvalue weighted by atomic mass is 10.1. The monoisotopic (exact) mass is 314 g/mol. The highest BCUT2D eigenvalue weighted by Gasteiger charge is 2.28. The van der Waals surface area contributed by atoms with Gasteiger partial charge >= 0.3 is 0 Å². The zero-order chi connectivity index (χ0) is 14.9. The molecule has 0 radical (unpaired) electrons. The molecule has 1 N–H and O–H groups in total. The van der Waals surface area contributed by atoms with Gasteiger partial charge in [-0.3, -0.25) is 10.00 Å². The van der Waals surface area contributed by atoms with Gasteiger partial charge in [-0.05, 0) is 44.5 Å². The minimum absolute atomic E-state index is 0.422. The molecule has 3 aromatic rings. The number of likely N-dealkylation sites (tertiary alicyclic amines) is 1. The Balaban J connectivity index is 1.50. The van der Waals surface area contributed by atoms with Crippen molar-refractivity contribution in [2.75, 3.05) is 6.54 Å². The molecule has 1 atom stereocenters.